The summed E-state index contributed by atoms with van der Waals surface area (Å²) in [5.74, 6) is -0.332. The number of esters is 1. The first kappa shape index (κ1) is 48.5. The van der Waals surface area contributed by atoms with Gasteiger partial charge in [0.2, 0.25) is 0 Å². The Hall–Kier alpha value is -0.500. The fourth-order valence-electron chi connectivity index (χ4n) is 6.17. The smallest absolute Gasteiger partial charge is 0.457 e. The highest BCUT2D eigenvalue weighted by Gasteiger charge is 2.25. The predicted octanol–water partition coefficient (Wildman–Crippen LogP) is 12.1. The normalized spacial score (nSPS) is 13.5. The van der Waals surface area contributed by atoms with Crippen LogP contribution in [0.15, 0.2) is 0 Å². The van der Waals surface area contributed by atoms with Gasteiger partial charge in [0.1, 0.15) is 6.10 Å². The summed E-state index contributed by atoms with van der Waals surface area (Å²) in [6.45, 7) is 4.92. The molecule has 2 unspecified atom stereocenters. The molecule has 8 nitrogen and oxygen atoms in total. The van der Waals surface area contributed by atoms with Crippen molar-refractivity contribution in [1.82, 2.24) is 0 Å². The molecule has 0 aliphatic heterocycles. The second-order valence-electron chi connectivity index (χ2n) is 14.2. The van der Waals surface area contributed by atoms with E-state index >= 15 is 0 Å². The van der Waals surface area contributed by atoms with Crippen molar-refractivity contribution in [3.05, 3.63) is 0 Å². The van der Waals surface area contributed by atoms with Crippen LogP contribution in [0.2, 0.25) is 0 Å². The number of ether oxygens (including phenoxy) is 2. The van der Waals surface area contributed by atoms with Crippen LogP contribution in [0.3, 0.4) is 0 Å². The minimum atomic E-state index is -4.26. The van der Waals surface area contributed by atoms with Crippen molar-refractivity contribution in [1.29, 1.82) is 0 Å². The lowest BCUT2D eigenvalue weighted by molar-refractivity contribution is -0.154. The Bertz CT molecular complexity index is 727. The fraction of sp³-hybridized carbons (Fsp3) is 0.975. The van der Waals surface area contributed by atoms with Crippen molar-refractivity contribution >= 4 is 13.8 Å². The third-order valence-electron chi connectivity index (χ3n) is 9.27. The molecule has 0 radical (unpaired) electrons. The Balaban J connectivity index is 3.78. The zero-order valence-corrected chi connectivity index (χ0v) is 33.3. The van der Waals surface area contributed by atoms with Crippen LogP contribution >= 0.6 is 7.82 Å². The van der Waals surface area contributed by atoms with Gasteiger partial charge < -0.3 is 20.1 Å². The molecule has 0 rings (SSSR count). The minimum Gasteiger partial charge on any atom is -0.457 e. The molecule has 0 spiro atoms. The Kier molecular flexibility index (Phi) is 38.3. The molecule has 9 heteroatoms. The summed E-state index contributed by atoms with van der Waals surface area (Å²) in [5, 5.41) is 0. The number of hydrogen-bond acceptors (Lipinski definition) is 7. The molecule has 2 atom stereocenters. The van der Waals surface area contributed by atoms with Crippen LogP contribution in [0.25, 0.3) is 0 Å². The van der Waals surface area contributed by atoms with E-state index in [1.165, 1.54) is 161 Å². The molecule has 0 aromatic carbocycles. The molecule has 49 heavy (non-hydrogen) atoms. The van der Waals surface area contributed by atoms with Crippen molar-refractivity contribution in [3.8, 4) is 0 Å². The molecule has 0 fully saturated rings. The lowest BCUT2D eigenvalue weighted by Crippen LogP contribution is -2.28. The molecular weight excluding hydrogens is 637 g/mol. The summed E-state index contributed by atoms with van der Waals surface area (Å²) in [6, 6.07) is 0. The maximum atomic E-state index is 12.4. The summed E-state index contributed by atoms with van der Waals surface area (Å²) < 4.78 is 33.2. The van der Waals surface area contributed by atoms with Gasteiger partial charge in [0.25, 0.3) is 0 Å². The SMILES string of the molecule is CCCCCCCCCCCCCCCCCCCCCCCCCOCC(COP(=O)(O)OCCN)OC(=O)CCCCCCCCC. The molecule has 0 heterocycles. The van der Waals surface area contributed by atoms with E-state index in [0.29, 0.717) is 13.0 Å². The number of unbranched alkanes of at least 4 members (excludes halogenated alkanes) is 28. The van der Waals surface area contributed by atoms with Crippen molar-refractivity contribution in [2.45, 2.75) is 219 Å². The van der Waals surface area contributed by atoms with Gasteiger partial charge in [-0.1, -0.05) is 194 Å². The highest BCUT2D eigenvalue weighted by molar-refractivity contribution is 7.47. The van der Waals surface area contributed by atoms with Gasteiger partial charge in [0.05, 0.1) is 19.8 Å². The molecule has 0 aromatic heterocycles. The van der Waals surface area contributed by atoms with Crippen molar-refractivity contribution in [2.75, 3.05) is 33.0 Å². The third kappa shape index (κ3) is 38.6. The van der Waals surface area contributed by atoms with Gasteiger partial charge in [-0.15, -0.1) is 0 Å². The first-order valence-corrected chi connectivity index (χ1v) is 22.5. The first-order valence-electron chi connectivity index (χ1n) is 21.0. The zero-order valence-electron chi connectivity index (χ0n) is 32.5. The highest BCUT2D eigenvalue weighted by Crippen LogP contribution is 2.43. The van der Waals surface area contributed by atoms with E-state index in [9.17, 15) is 14.3 Å². The lowest BCUT2D eigenvalue weighted by atomic mass is 10.0. The van der Waals surface area contributed by atoms with Crippen LogP contribution in [0, 0.1) is 0 Å². The summed E-state index contributed by atoms with van der Waals surface area (Å²) in [7, 11) is -4.26. The molecule has 0 aliphatic carbocycles. The van der Waals surface area contributed by atoms with Gasteiger partial charge in [-0.3, -0.25) is 13.8 Å². The van der Waals surface area contributed by atoms with Crippen LogP contribution in [0.4, 0.5) is 0 Å². The van der Waals surface area contributed by atoms with E-state index in [0.717, 1.165) is 32.1 Å². The van der Waals surface area contributed by atoms with Crippen molar-refractivity contribution in [2.24, 2.45) is 5.73 Å². The van der Waals surface area contributed by atoms with Gasteiger partial charge in [0.15, 0.2) is 0 Å². The van der Waals surface area contributed by atoms with Crippen molar-refractivity contribution < 1.29 is 32.8 Å². The zero-order chi connectivity index (χ0) is 35.9. The van der Waals surface area contributed by atoms with Crippen LogP contribution in [0.5, 0.6) is 0 Å². The number of nitrogens with two attached hydrogens (primary N) is 1. The molecule has 294 valence electrons. The number of carbonyl (C=O) groups excluding carboxylic acids is 1. The standard InChI is InChI=1S/C40H82NO7P/c1-3-5-7-9-11-12-13-14-15-16-17-18-19-20-21-22-23-24-25-26-28-30-32-35-45-37-39(38-47-49(43,44)46-36-34-41)48-40(42)33-31-29-27-10-8-6-4-2/h39H,3-38,41H2,1-2H3,(H,43,44). The fourth-order valence-corrected chi connectivity index (χ4v) is 6.94. The topological polar surface area (TPSA) is 117 Å². The van der Waals surface area contributed by atoms with E-state index < -0.39 is 13.9 Å². The maximum Gasteiger partial charge on any atom is 0.472 e. The van der Waals surface area contributed by atoms with Gasteiger partial charge >= 0.3 is 13.8 Å². The Labute approximate surface area is 303 Å². The number of hydrogen-bond donors (Lipinski definition) is 2. The maximum absolute atomic E-state index is 12.4. The van der Waals surface area contributed by atoms with Gasteiger partial charge in [-0.05, 0) is 12.8 Å². The molecule has 0 aromatic rings. The highest BCUT2D eigenvalue weighted by atomic mass is 31.2. The van der Waals surface area contributed by atoms with E-state index in [1.807, 2.05) is 0 Å². The molecule has 0 amide bonds. The molecular formula is C40H82NO7P. The second kappa shape index (κ2) is 38.7. The largest absolute Gasteiger partial charge is 0.472 e. The summed E-state index contributed by atoms with van der Waals surface area (Å²) in [4.78, 5) is 22.2. The minimum absolute atomic E-state index is 0.0907. The molecule has 0 bridgehead atoms. The van der Waals surface area contributed by atoms with E-state index in [1.54, 1.807) is 0 Å². The van der Waals surface area contributed by atoms with Crippen molar-refractivity contribution in [3.63, 3.8) is 0 Å². The summed E-state index contributed by atoms with van der Waals surface area (Å²) >= 11 is 0. The Morgan fingerprint density at radius 2 is 0.898 bits per heavy atom. The molecule has 0 saturated heterocycles. The van der Waals surface area contributed by atoms with Crippen LogP contribution in [0.1, 0.15) is 213 Å². The monoisotopic (exact) mass is 720 g/mol. The van der Waals surface area contributed by atoms with Gasteiger partial charge in [0, 0.05) is 19.6 Å². The average molecular weight is 720 g/mol. The molecule has 0 aliphatic rings. The number of carbonyl (C=O) groups is 1. The Morgan fingerprint density at radius 1 is 0.531 bits per heavy atom. The third-order valence-corrected chi connectivity index (χ3v) is 10.3. The van der Waals surface area contributed by atoms with E-state index in [2.05, 4.69) is 13.8 Å². The average Bonchev–Trinajstić information content (AvgIpc) is 3.09. The lowest BCUT2D eigenvalue weighted by Gasteiger charge is -2.20. The van der Waals surface area contributed by atoms with Crippen LogP contribution < -0.4 is 5.73 Å². The summed E-state index contributed by atoms with van der Waals surface area (Å²) in [6.07, 6.45) is 38.7. The van der Waals surface area contributed by atoms with Gasteiger partial charge in [-0.2, -0.15) is 0 Å². The number of rotatable bonds is 41. The molecule has 0 saturated carbocycles. The Morgan fingerprint density at radius 3 is 1.29 bits per heavy atom. The number of phosphoric acid groups is 1. The summed E-state index contributed by atoms with van der Waals surface area (Å²) in [5.41, 5.74) is 5.35. The quantitative estimate of drug-likeness (QED) is 0.0364. The van der Waals surface area contributed by atoms with Crippen LogP contribution in [-0.2, 0) is 27.9 Å². The van der Waals surface area contributed by atoms with Crippen LogP contribution in [-0.4, -0.2) is 49.9 Å². The molecule has 3 N–H and O–H groups in total. The number of phosphoric ester groups is 1. The second-order valence-corrected chi connectivity index (χ2v) is 15.7. The van der Waals surface area contributed by atoms with E-state index in [4.69, 9.17) is 24.3 Å². The van der Waals surface area contributed by atoms with E-state index in [-0.39, 0.29) is 32.3 Å². The predicted molar refractivity (Wildman–Crippen MR) is 206 cm³/mol. The van der Waals surface area contributed by atoms with Gasteiger partial charge in [-0.25, -0.2) is 4.57 Å². The first-order chi connectivity index (χ1) is 23.9.